The molecule has 0 radical (unpaired) electrons. The van der Waals surface area contributed by atoms with E-state index in [1.807, 2.05) is 6.07 Å². The Morgan fingerprint density at radius 2 is 2.45 bits per heavy atom. The van der Waals surface area contributed by atoms with Crippen LogP contribution in [0.2, 0.25) is 0 Å². The zero-order chi connectivity index (χ0) is 14.2. The number of hydrogen-bond donors (Lipinski definition) is 0. The highest BCUT2D eigenvalue weighted by atomic mass is 35.5. The second-order valence-electron chi connectivity index (χ2n) is 4.72. The Balaban J connectivity index is 1.86. The molecule has 5 heteroatoms. The second-order valence-corrected chi connectivity index (χ2v) is 5.09. The van der Waals surface area contributed by atoms with Crippen molar-refractivity contribution in [2.45, 2.75) is 12.5 Å². The lowest BCUT2D eigenvalue weighted by Gasteiger charge is -2.29. The standard InChI is InChI=1S/C15H19ClN2O2/c1-18-6-7-19-15(11-18)12-20-14-8-13(9-17-10-14)4-2-3-5-16/h8-10,15H,3,5-7,11-12H2,1H3. The highest BCUT2D eigenvalue weighted by Crippen LogP contribution is 2.12. The van der Waals surface area contributed by atoms with E-state index in [-0.39, 0.29) is 6.10 Å². The Labute approximate surface area is 125 Å². The first-order valence-electron chi connectivity index (χ1n) is 6.71. The molecule has 20 heavy (non-hydrogen) atoms. The minimum atomic E-state index is 0.111. The molecule has 0 amide bonds. The molecule has 1 aromatic heterocycles. The number of pyridine rings is 1. The summed E-state index contributed by atoms with van der Waals surface area (Å²) >= 11 is 5.59. The summed E-state index contributed by atoms with van der Waals surface area (Å²) in [5.41, 5.74) is 0.842. The van der Waals surface area contributed by atoms with Crippen LogP contribution in [0.15, 0.2) is 18.5 Å². The molecule has 1 aromatic rings. The summed E-state index contributed by atoms with van der Waals surface area (Å²) in [4.78, 5) is 6.37. The molecule has 1 atom stereocenters. The van der Waals surface area contributed by atoms with E-state index in [9.17, 15) is 0 Å². The third kappa shape index (κ3) is 5.01. The van der Waals surface area contributed by atoms with Gasteiger partial charge in [0.25, 0.3) is 0 Å². The topological polar surface area (TPSA) is 34.6 Å². The first-order chi connectivity index (χ1) is 9.78. The summed E-state index contributed by atoms with van der Waals surface area (Å²) in [6.45, 7) is 3.16. The monoisotopic (exact) mass is 294 g/mol. The van der Waals surface area contributed by atoms with Crippen LogP contribution in [0, 0.1) is 11.8 Å². The van der Waals surface area contributed by atoms with Crippen LogP contribution in [0.25, 0.3) is 0 Å². The zero-order valence-corrected chi connectivity index (χ0v) is 12.4. The van der Waals surface area contributed by atoms with Gasteiger partial charge in [-0.05, 0) is 13.1 Å². The number of nitrogens with zero attached hydrogens (tertiary/aromatic N) is 2. The molecular formula is C15H19ClN2O2. The predicted octanol–water partition coefficient (Wildman–Crippen LogP) is 1.77. The number of ether oxygens (including phenoxy) is 2. The SMILES string of the molecule is CN1CCOC(COc2cncc(C#CCCCl)c2)C1. The molecule has 0 N–H and O–H groups in total. The fourth-order valence-electron chi connectivity index (χ4n) is 1.93. The van der Waals surface area contributed by atoms with Crippen molar-refractivity contribution in [3.63, 3.8) is 0 Å². The lowest BCUT2D eigenvalue weighted by molar-refractivity contribution is -0.0404. The van der Waals surface area contributed by atoms with Crippen molar-refractivity contribution in [1.29, 1.82) is 0 Å². The van der Waals surface area contributed by atoms with E-state index in [0.29, 0.717) is 18.9 Å². The van der Waals surface area contributed by atoms with Gasteiger partial charge in [0.1, 0.15) is 18.5 Å². The number of hydrogen-bond acceptors (Lipinski definition) is 4. The van der Waals surface area contributed by atoms with Gasteiger partial charge in [0.15, 0.2) is 0 Å². The van der Waals surface area contributed by atoms with Gasteiger partial charge in [0, 0.05) is 37.2 Å². The van der Waals surface area contributed by atoms with Gasteiger partial charge in [-0.3, -0.25) is 4.98 Å². The van der Waals surface area contributed by atoms with Gasteiger partial charge in [-0.2, -0.15) is 0 Å². The van der Waals surface area contributed by atoms with Crippen molar-refractivity contribution >= 4 is 11.6 Å². The van der Waals surface area contributed by atoms with Gasteiger partial charge in [0.05, 0.1) is 12.8 Å². The normalized spacial score (nSPS) is 19.2. The molecule has 1 aliphatic heterocycles. The zero-order valence-electron chi connectivity index (χ0n) is 11.6. The largest absolute Gasteiger partial charge is 0.489 e. The predicted molar refractivity (Wildman–Crippen MR) is 79.2 cm³/mol. The minimum Gasteiger partial charge on any atom is -0.489 e. The van der Waals surface area contributed by atoms with Gasteiger partial charge >= 0.3 is 0 Å². The molecule has 1 aliphatic rings. The molecule has 1 unspecified atom stereocenters. The molecule has 4 nitrogen and oxygen atoms in total. The van der Waals surface area contributed by atoms with Crippen molar-refractivity contribution in [2.75, 3.05) is 39.2 Å². The Morgan fingerprint density at radius 1 is 1.55 bits per heavy atom. The number of likely N-dealkylation sites (N-methyl/N-ethyl adjacent to an activating group) is 1. The van der Waals surface area contributed by atoms with Gasteiger partial charge in [-0.1, -0.05) is 11.8 Å². The summed E-state index contributed by atoms with van der Waals surface area (Å²) in [6.07, 6.45) is 4.20. The lowest BCUT2D eigenvalue weighted by Crippen LogP contribution is -2.42. The lowest BCUT2D eigenvalue weighted by atomic mass is 10.2. The van der Waals surface area contributed by atoms with Crippen LogP contribution in [0.1, 0.15) is 12.0 Å². The molecule has 1 fully saturated rings. The summed E-state index contributed by atoms with van der Waals surface area (Å²) < 4.78 is 11.4. The maximum Gasteiger partial charge on any atom is 0.138 e. The van der Waals surface area contributed by atoms with E-state index in [1.165, 1.54) is 0 Å². The third-order valence-corrected chi connectivity index (χ3v) is 3.13. The van der Waals surface area contributed by atoms with Crippen LogP contribution < -0.4 is 4.74 Å². The minimum absolute atomic E-state index is 0.111. The van der Waals surface area contributed by atoms with Crippen molar-refractivity contribution in [3.05, 3.63) is 24.0 Å². The molecule has 0 saturated carbocycles. The molecular weight excluding hydrogens is 276 g/mol. The summed E-state index contributed by atoms with van der Waals surface area (Å²) in [5, 5.41) is 0. The fourth-order valence-corrected chi connectivity index (χ4v) is 2.03. The van der Waals surface area contributed by atoms with E-state index < -0.39 is 0 Å². The van der Waals surface area contributed by atoms with E-state index in [1.54, 1.807) is 12.4 Å². The maximum absolute atomic E-state index is 5.73. The number of alkyl halides is 1. The van der Waals surface area contributed by atoms with Gasteiger partial charge in [-0.25, -0.2) is 0 Å². The van der Waals surface area contributed by atoms with E-state index >= 15 is 0 Å². The molecule has 2 rings (SSSR count). The smallest absolute Gasteiger partial charge is 0.138 e. The van der Waals surface area contributed by atoms with E-state index in [2.05, 4.69) is 28.8 Å². The van der Waals surface area contributed by atoms with Crippen LogP contribution in [0.4, 0.5) is 0 Å². The third-order valence-electron chi connectivity index (χ3n) is 2.94. The summed E-state index contributed by atoms with van der Waals surface area (Å²) in [6, 6.07) is 1.89. The number of halogens is 1. The van der Waals surface area contributed by atoms with E-state index in [0.717, 1.165) is 31.0 Å². The van der Waals surface area contributed by atoms with Crippen molar-refractivity contribution in [3.8, 4) is 17.6 Å². The average Bonchev–Trinajstić information content (AvgIpc) is 2.46. The number of morpholine rings is 1. The van der Waals surface area contributed by atoms with Crippen LogP contribution in [0.5, 0.6) is 5.75 Å². The van der Waals surface area contributed by atoms with Gasteiger partial charge < -0.3 is 14.4 Å². The molecule has 0 aliphatic carbocycles. The highest BCUT2D eigenvalue weighted by molar-refractivity contribution is 6.18. The first kappa shape index (κ1) is 15.1. The molecule has 0 spiro atoms. The Morgan fingerprint density at radius 3 is 3.25 bits per heavy atom. The fraction of sp³-hybridized carbons (Fsp3) is 0.533. The first-order valence-corrected chi connectivity index (χ1v) is 7.24. The Bertz CT molecular complexity index is 484. The van der Waals surface area contributed by atoms with Crippen molar-refractivity contribution < 1.29 is 9.47 Å². The average molecular weight is 295 g/mol. The number of aromatic nitrogens is 1. The van der Waals surface area contributed by atoms with Crippen LogP contribution >= 0.6 is 11.6 Å². The van der Waals surface area contributed by atoms with Gasteiger partial charge in [-0.15, -0.1) is 11.6 Å². The Hall–Kier alpha value is -1.28. The summed E-state index contributed by atoms with van der Waals surface area (Å²) in [5.74, 6) is 7.26. The van der Waals surface area contributed by atoms with Crippen LogP contribution in [0.3, 0.4) is 0 Å². The van der Waals surface area contributed by atoms with E-state index in [4.69, 9.17) is 21.1 Å². The second kappa shape index (κ2) is 8.11. The molecule has 1 saturated heterocycles. The maximum atomic E-state index is 5.73. The summed E-state index contributed by atoms with van der Waals surface area (Å²) in [7, 11) is 2.09. The van der Waals surface area contributed by atoms with Crippen LogP contribution in [-0.4, -0.2) is 55.2 Å². The quantitative estimate of drug-likeness (QED) is 0.626. The molecule has 108 valence electrons. The van der Waals surface area contributed by atoms with Crippen molar-refractivity contribution in [1.82, 2.24) is 9.88 Å². The molecule has 2 heterocycles. The molecule has 0 bridgehead atoms. The van der Waals surface area contributed by atoms with Gasteiger partial charge in [0.2, 0.25) is 0 Å². The van der Waals surface area contributed by atoms with Crippen LogP contribution in [-0.2, 0) is 4.74 Å². The molecule has 0 aromatic carbocycles. The highest BCUT2D eigenvalue weighted by Gasteiger charge is 2.18. The number of rotatable bonds is 4. The van der Waals surface area contributed by atoms with Crippen molar-refractivity contribution in [2.24, 2.45) is 0 Å². The Kier molecular flexibility index (Phi) is 6.13.